The molecule has 4 heterocycles. The van der Waals surface area contributed by atoms with Gasteiger partial charge in [0, 0.05) is 44.0 Å². The molecule has 2 aliphatic rings. The zero-order chi connectivity index (χ0) is 26.4. The number of ether oxygens (including phenoxy) is 2. The van der Waals surface area contributed by atoms with E-state index < -0.39 is 0 Å². The lowest BCUT2D eigenvalue weighted by atomic mass is 9.98. The van der Waals surface area contributed by atoms with E-state index in [0.717, 1.165) is 43.6 Å². The lowest BCUT2D eigenvalue weighted by molar-refractivity contribution is 0.222. The molecule has 0 spiro atoms. The summed E-state index contributed by atoms with van der Waals surface area (Å²) in [5.41, 5.74) is 7.72. The van der Waals surface area contributed by atoms with E-state index in [1.807, 2.05) is 37.7 Å². The van der Waals surface area contributed by atoms with E-state index in [0.29, 0.717) is 36.6 Å². The van der Waals surface area contributed by atoms with Crippen LogP contribution in [-0.2, 0) is 7.05 Å². The second-order valence-electron chi connectivity index (χ2n) is 9.00. The number of pyridine rings is 1. The van der Waals surface area contributed by atoms with Gasteiger partial charge in [-0.15, -0.1) is 0 Å². The average Bonchev–Trinajstić information content (AvgIpc) is 3.56. The number of nitriles is 1. The number of aromatic nitrogens is 6. The van der Waals surface area contributed by atoms with Crippen LogP contribution < -0.4 is 20.1 Å². The molecule has 12 heteroatoms. The molecule has 2 N–H and O–H groups in total. The fraction of sp³-hybridized carbons (Fsp3) is 0.520. The molecule has 196 valence electrons. The molecule has 3 aromatic heterocycles. The molecule has 1 saturated heterocycles. The van der Waals surface area contributed by atoms with Gasteiger partial charge in [0.25, 0.3) is 0 Å². The number of anilines is 2. The Morgan fingerprint density at radius 1 is 1.14 bits per heavy atom. The minimum absolute atomic E-state index is 0.0663. The van der Waals surface area contributed by atoms with Crippen molar-refractivity contribution in [3.63, 3.8) is 0 Å². The number of rotatable bonds is 8. The highest BCUT2D eigenvalue weighted by atomic mass is 35.5. The zero-order valence-corrected chi connectivity index (χ0v) is 22.1. The first-order valence-corrected chi connectivity index (χ1v) is 12.9. The van der Waals surface area contributed by atoms with Crippen LogP contribution in [0.2, 0.25) is 5.28 Å². The van der Waals surface area contributed by atoms with Gasteiger partial charge in [0.2, 0.25) is 11.2 Å². The summed E-state index contributed by atoms with van der Waals surface area (Å²) in [4.78, 5) is 23.5. The van der Waals surface area contributed by atoms with Crippen molar-refractivity contribution in [3.8, 4) is 29.1 Å². The lowest BCUT2D eigenvalue weighted by Gasteiger charge is -2.31. The number of hydrogen-bond donors (Lipinski definition) is 1. The van der Waals surface area contributed by atoms with Crippen molar-refractivity contribution in [2.75, 3.05) is 36.9 Å². The second kappa shape index (κ2) is 12.1. The summed E-state index contributed by atoms with van der Waals surface area (Å²) >= 11 is 6.11. The molecule has 2 atom stereocenters. The summed E-state index contributed by atoms with van der Waals surface area (Å²) < 4.78 is 13.6. The van der Waals surface area contributed by atoms with Gasteiger partial charge in [-0.2, -0.15) is 20.2 Å². The van der Waals surface area contributed by atoms with Crippen LogP contribution in [-0.4, -0.2) is 55.8 Å². The van der Waals surface area contributed by atoms with Crippen LogP contribution in [0.15, 0.2) is 24.8 Å². The van der Waals surface area contributed by atoms with E-state index in [2.05, 4.69) is 35.9 Å². The normalized spacial score (nSPS) is 18.9. The summed E-state index contributed by atoms with van der Waals surface area (Å²) in [6, 6.07) is 4.33. The van der Waals surface area contributed by atoms with Gasteiger partial charge in [-0.3, -0.25) is 0 Å². The minimum atomic E-state index is 0.0663. The van der Waals surface area contributed by atoms with E-state index in [9.17, 15) is 0 Å². The first-order chi connectivity index (χ1) is 18.0. The molecule has 0 bridgehead atoms. The lowest BCUT2D eigenvalue weighted by Crippen LogP contribution is -2.36. The van der Waals surface area contributed by atoms with Gasteiger partial charge in [0.15, 0.2) is 11.6 Å². The summed E-state index contributed by atoms with van der Waals surface area (Å²) in [7, 11) is 1.92. The number of nitrogens with zero attached hydrogens (tertiary/aromatic N) is 8. The third-order valence-corrected chi connectivity index (χ3v) is 6.51. The van der Waals surface area contributed by atoms with Crippen molar-refractivity contribution in [2.24, 2.45) is 24.8 Å². The van der Waals surface area contributed by atoms with Crippen LogP contribution in [0.5, 0.6) is 11.8 Å². The molecule has 1 saturated carbocycles. The highest BCUT2D eigenvalue weighted by molar-refractivity contribution is 6.28. The Morgan fingerprint density at radius 3 is 2.59 bits per heavy atom. The maximum Gasteiger partial charge on any atom is 0.322 e. The molecule has 0 amide bonds. The van der Waals surface area contributed by atoms with Crippen molar-refractivity contribution >= 4 is 23.4 Å². The molecule has 1 aliphatic carbocycles. The Hall–Kier alpha value is -3.65. The zero-order valence-electron chi connectivity index (χ0n) is 21.3. The molecular weight excluding hydrogens is 494 g/mol. The molecule has 2 unspecified atom stereocenters. The monoisotopic (exact) mass is 525 g/mol. The van der Waals surface area contributed by atoms with E-state index in [-0.39, 0.29) is 23.1 Å². The van der Waals surface area contributed by atoms with Gasteiger partial charge >= 0.3 is 6.01 Å². The van der Waals surface area contributed by atoms with Crippen molar-refractivity contribution in [2.45, 2.75) is 33.1 Å². The summed E-state index contributed by atoms with van der Waals surface area (Å²) in [6.45, 7) is 6.47. The summed E-state index contributed by atoms with van der Waals surface area (Å²) in [5.74, 6) is 2.09. The van der Waals surface area contributed by atoms with Gasteiger partial charge in [0.05, 0.1) is 37.2 Å². The van der Waals surface area contributed by atoms with Crippen LogP contribution in [0, 0.1) is 29.1 Å². The number of nitrogen functional groups attached to an aromatic ring is 1. The second-order valence-corrected chi connectivity index (χ2v) is 9.34. The van der Waals surface area contributed by atoms with Gasteiger partial charge in [-0.05, 0) is 42.8 Å². The third-order valence-electron chi connectivity index (χ3n) is 6.35. The summed E-state index contributed by atoms with van der Waals surface area (Å²) in [6.07, 6.45) is 8.02. The largest absolute Gasteiger partial charge is 0.489 e. The minimum Gasteiger partial charge on any atom is -0.489 e. The van der Waals surface area contributed by atoms with Crippen LogP contribution >= 0.6 is 11.6 Å². The quantitative estimate of drug-likeness (QED) is 0.462. The van der Waals surface area contributed by atoms with Crippen LogP contribution in [0.1, 0.15) is 33.1 Å². The predicted molar refractivity (Wildman–Crippen MR) is 140 cm³/mol. The van der Waals surface area contributed by atoms with Crippen molar-refractivity contribution < 1.29 is 9.47 Å². The molecule has 0 radical (unpaired) electrons. The van der Waals surface area contributed by atoms with Crippen molar-refractivity contribution in [3.05, 3.63) is 30.1 Å². The molecular formula is C25H32ClN9O2. The third kappa shape index (κ3) is 6.77. The first kappa shape index (κ1) is 26.4. The Bertz CT molecular complexity index is 1240. The predicted octanol–water partition coefficient (Wildman–Crippen LogP) is 3.76. The van der Waals surface area contributed by atoms with Crippen molar-refractivity contribution in [1.29, 1.82) is 5.26 Å². The highest BCUT2D eigenvalue weighted by Crippen LogP contribution is 2.37. The molecule has 2 fully saturated rings. The summed E-state index contributed by atoms with van der Waals surface area (Å²) in [5, 5.41) is 9.03. The number of piperidine rings is 1. The maximum absolute atomic E-state index is 8.93. The molecule has 0 aromatic carbocycles. The Kier molecular flexibility index (Phi) is 8.61. The molecule has 3 aromatic rings. The molecule has 37 heavy (non-hydrogen) atoms. The van der Waals surface area contributed by atoms with E-state index in [1.165, 1.54) is 0 Å². The van der Waals surface area contributed by atoms with Crippen molar-refractivity contribution in [1.82, 2.24) is 29.5 Å². The maximum atomic E-state index is 8.93. The Balaban J connectivity index is 0.00000156. The average molecular weight is 526 g/mol. The Morgan fingerprint density at radius 2 is 1.92 bits per heavy atom. The number of nitrogens with two attached hydrogens (primary N) is 1. The van der Waals surface area contributed by atoms with Crippen LogP contribution in [0.4, 0.5) is 11.8 Å². The highest BCUT2D eigenvalue weighted by Gasteiger charge is 2.38. The molecule has 11 nitrogen and oxygen atoms in total. The standard InChI is InChI=1S/C23H26ClN9O2.C2H6/c1-32-10-18(28-13-32)16-7-19(20(26)27-9-16)34-11-14-2-4-33(5-3-14)22-29-21(24)30-23(31-22)35-12-17-6-15(17)8-25;1-2/h7,9-10,13-15,17H,2-6,11-12H2,1H3,(H2,26,27);1-2H3. The fourth-order valence-electron chi connectivity index (χ4n) is 4.08. The van der Waals surface area contributed by atoms with E-state index in [4.69, 9.17) is 32.1 Å². The Labute approximate surface area is 221 Å². The SMILES string of the molecule is CC.Cn1cnc(-c2cnc(N)c(OCC3CCN(c4nc(Cl)nc(OCC5CC5C#N)n4)CC3)c2)c1. The van der Waals surface area contributed by atoms with Crippen LogP contribution in [0.25, 0.3) is 11.3 Å². The van der Waals surface area contributed by atoms with E-state index in [1.54, 1.807) is 12.5 Å². The number of halogens is 1. The smallest absolute Gasteiger partial charge is 0.322 e. The molecule has 1 aliphatic heterocycles. The number of hydrogen-bond acceptors (Lipinski definition) is 10. The fourth-order valence-corrected chi connectivity index (χ4v) is 4.23. The van der Waals surface area contributed by atoms with Crippen LogP contribution in [0.3, 0.4) is 0 Å². The van der Waals surface area contributed by atoms with Gasteiger partial charge in [-0.1, -0.05) is 13.8 Å². The number of aryl methyl sites for hydroxylation is 1. The van der Waals surface area contributed by atoms with Gasteiger partial charge in [-0.25, -0.2) is 9.97 Å². The first-order valence-electron chi connectivity index (χ1n) is 12.5. The van der Waals surface area contributed by atoms with Gasteiger partial charge < -0.3 is 24.7 Å². The molecule has 5 rings (SSSR count). The van der Waals surface area contributed by atoms with E-state index >= 15 is 0 Å². The topological polar surface area (TPSA) is 141 Å². The number of imidazole rings is 1. The van der Waals surface area contributed by atoms with Gasteiger partial charge in [0.1, 0.15) is 0 Å².